The molecule has 6 heteroatoms. The Hall–Kier alpha value is -1.66. The van der Waals surface area contributed by atoms with Gasteiger partial charge >= 0.3 is 0 Å². The molecule has 0 saturated carbocycles. The van der Waals surface area contributed by atoms with Crippen molar-refractivity contribution in [1.82, 2.24) is 9.88 Å². The van der Waals surface area contributed by atoms with Gasteiger partial charge in [0.1, 0.15) is 11.4 Å². The molecule has 0 aliphatic carbocycles. The Kier molecular flexibility index (Phi) is 3.31. The molecule has 1 N–H and O–H groups in total. The second-order valence-electron chi connectivity index (χ2n) is 7.02. The van der Waals surface area contributed by atoms with E-state index in [0.29, 0.717) is 11.9 Å². The smallest absolute Gasteiger partial charge is 0.291 e. The van der Waals surface area contributed by atoms with Gasteiger partial charge in [-0.3, -0.25) is 10.2 Å². The van der Waals surface area contributed by atoms with Crippen molar-refractivity contribution in [2.75, 3.05) is 31.5 Å². The van der Waals surface area contributed by atoms with Crippen LogP contribution in [0.1, 0.15) is 12.8 Å². The highest BCUT2D eigenvalue weighted by Gasteiger charge is 2.51. The van der Waals surface area contributed by atoms with Crippen LogP contribution in [0.4, 0.5) is 5.82 Å². The van der Waals surface area contributed by atoms with Crippen molar-refractivity contribution in [2.24, 2.45) is 10.9 Å². The number of benzene rings is 1. The first-order chi connectivity index (χ1) is 11.7. The molecule has 0 amide bonds. The lowest BCUT2D eigenvalue weighted by Gasteiger charge is -2.50. The van der Waals surface area contributed by atoms with Crippen molar-refractivity contribution in [3.8, 4) is 0 Å². The van der Waals surface area contributed by atoms with Crippen LogP contribution < -0.4 is 5.32 Å². The molecule has 124 valence electrons. The standard InChI is InChI=1S/C18H19BrN4O/c19-15-2-1-12-8-16(20-9-13(12)7-15)22-17-21-10-18(24-17)11-23-5-3-14(18)4-6-23/h1-2,7-9,14H,3-6,10-11H2,(H,20,21,22)/t18-/m0/s1. The van der Waals surface area contributed by atoms with Crippen molar-refractivity contribution in [2.45, 2.75) is 18.4 Å². The van der Waals surface area contributed by atoms with Crippen LogP contribution in [0, 0.1) is 5.92 Å². The average Bonchev–Trinajstić information content (AvgIpc) is 2.98. The van der Waals surface area contributed by atoms with Gasteiger partial charge < -0.3 is 4.74 Å². The van der Waals surface area contributed by atoms with Crippen molar-refractivity contribution >= 4 is 38.5 Å². The molecule has 0 radical (unpaired) electrons. The fourth-order valence-electron chi connectivity index (χ4n) is 4.24. The van der Waals surface area contributed by atoms with Gasteiger partial charge in [0.2, 0.25) is 0 Å². The predicted molar refractivity (Wildman–Crippen MR) is 98.3 cm³/mol. The van der Waals surface area contributed by atoms with Crippen molar-refractivity contribution < 1.29 is 4.74 Å². The maximum absolute atomic E-state index is 6.31. The first kappa shape index (κ1) is 14.7. The monoisotopic (exact) mass is 386 g/mol. The zero-order chi connectivity index (χ0) is 16.1. The van der Waals surface area contributed by atoms with E-state index in [0.717, 1.165) is 34.2 Å². The first-order valence-corrected chi connectivity index (χ1v) is 9.28. The molecule has 5 heterocycles. The number of ether oxygens (including phenoxy) is 1. The summed E-state index contributed by atoms with van der Waals surface area (Å²) in [5.41, 5.74) is -0.111. The van der Waals surface area contributed by atoms with Gasteiger partial charge in [0.15, 0.2) is 0 Å². The number of hydrogen-bond donors (Lipinski definition) is 1. The van der Waals surface area contributed by atoms with Gasteiger partial charge in [-0.25, -0.2) is 9.98 Å². The maximum Gasteiger partial charge on any atom is 0.291 e. The van der Waals surface area contributed by atoms with Crippen LogP contribution in [0.3, 0.4) is 0 Å². The lowest BCUT2D eigenvalue weighted by Crippen LogP contribution is -2.61. The van der Waals surface area contributed by atoms with E-state index < -0.39 is 0 Å². The zero-order valence-electron chi connectivity index (χ0n) is 13.3. The average molecular weight is 387 g/mol. The highest BCUT2D eigenvalue weighted by atomic mass is 79.9. The minimum atomic E-state index is -0.111. The molecule has 4 aliphatic rings. The molecule has 2 aromatic rings. The van der Waals surface area contributed by atoms with E-state index in [1.807, 2.05) is 18.3 Å². The van der Waals surface area contributed by atoms with Crippen LogP contribution in [-0.2, 0) is 4.74 Å². The summed E-state index contributed by atoms with van der Waals surface area (Å²) < 4.78 is 7.37. The molecule has 4 aliphatic heterocycles. The van der Waals surface area contributed by atoms with E-state index >= 15 is 0 Å². The molecular weight excluding hydrogens is 368 g/mol. The first-order valence-electron chi connectivity index (χ1n) is 8.48. The highest BCUT2D eigenvalue weighted by Crippen LogP contribution is 2.40. The summed E-state index contributed by atoms with van der Waals surface area (Å²) in [4.78, 5) is 11.6. The van der Waals surface area contributed by atoms with Crippen LogP contribution in [0.25, 0.3) is 10.8 Å². The Labute approximate surface area is 149 Å². The van der Waals surface area contributed by atoms with Crippen LogP contribution in [-0.4, -0.2) is 47.7 Å². The number of rotatable bonds is 1. The fraction of sp³-hybridized carbons (Fsp3) is 0.444. The summed E-state index contributed by atoms with van der Waals surface area (Å²) in [6.07, 6.45) is 4.33. The van der Waals surface area contributed by atoms with E-state index in [1.165, 1.54) is 25.9 Å². The Morgan fingerprint density at radius 1 is 1.21 bits per heavy atom. The number of aromatic nitrogens is 1. The molecule has 6 rings (SSSR count). The summed E-state index contributed by atoms with van der Waals surface area (Å²) in [6, 6.07) is 8.84. The fourth-order valence-corrected chi connectivity index (χ4v) is 4.62. The number of aliphatic imine (C=N–C) groups is 1. The number of nitrogens with zero attached hydrogens (tertiary/aromatic N) is 3. The predicted octanol–water partition coefficient (Wildman–Crippen LogP) is 3.26. The number of anilines is 1. The van der Waals surface area contributed by atoms with Crippen LogP contribution in [0.15, 0.2) is 39.9 Å². The summed E-state index contributed by atoms with van der Waals surface area (Å²) in [6.45, 7) is 4.18. The Morgan fingerprint density at radius 3 is 2.88 bits per heavy atom. The zero-order valence-corrected chi connectivity index (χ0v) is 14.9. The minimum Gasteiger partial charge on any atom is -0.455 e. The van der Waals surface area contributed by atoms with Crippen molar-refractivity contribution in [3.05, 3.63) is 34.9 Å². The minimum absolute atomic E-state index is 0.111. The lowest BCUT2D eigenvalue weighted by molar-refractivity contribution is -0.0829. The normalized spacial score (nSPS) is 31.3. The van der Waals surface area contributed by atoms with Gasteiger partial charge in [-0.1, -0.05) is 22.0 Å². The summed E-state index contributed by atoms with van der Waals surface area (Å²) in [5, 5.41) is 5.52. The Balaban J connectivity index is 1.35. The van der Waals surface area contributed by atoms with Crippen molar-refractivity contribution in [3.63, 3.8) is 0 Å². The van der Waals surface area contributed by atoms with E-state index in [2.05, 4.69) is 48.3 Å². The summed E-state index contributed by atoms with van der Waals surface area (Å²) in [7, 11) is 0. The van der Waals surface area contributed by atoms with Gasteiger partial charge in [-0.15, -0.1) is 0 Å². The number of hydrogen-bond acceptors (Lipinski definition) is 5. The molecule has 5 nitrogen and oxygen atoms in total. The number of nitrogens with one attached hydrogen (secondary N) is 1. The Morgan fingerprint density at radius 2 is 2.08 bits per heavy atom. The van der Waals surface area contributed by atoms with Gasteiger partial charge in [0, 0.05) is 28.5 Å². The number of pyridine rings is 1. The van der Waals surface area contributed by atoms with E-state index in [4.69, 9.17) is 4.74 Å². The molecule has 3 fully saturated rings. The molecule has 2 bridgehead atoms. The summed E-state index contributed by atoms with van der Waals surface area (Å²) in [5.74, 6) is 1.41. The second kappa shape index (κ2) is 5.43. The van der Waals surface area contributed by atoms with E-state index in [1.54, 1.807) is 0 Å². The summed E-state index contributed by atoms with van der Waals surface area (Å²) >= 11 is 3.49. The number of amidine groups is 1. The largest absolute Gasteiger partial charge is 0.455 e. The van der Waals surface area contributed by atoms with Gasteiger partial charge in [-0.05, 0) is 49.5 Å². The molecule has 0 unspecified atom stereocenters. The molecule has 1 spiro atoms. The van der Waals surface area contributed by atoms with Crippen LogP contribution >= 0.6 is 15.9 Å². The van der Waals surface area contributed by atoms with Crippen molar-refractivity contribution in [1.29, 1.82) is 0 Å². The third-order valence-corrected chi connectivity index (χ3v) is 6.03. The van der Waals surface area contributed by atoms with E-state index in [9.17, 15) is 0 Å². The highest BCUT2D eigenvalue weighted by molar-refractivity contribution is 9.10. The molecule has 1 aromatic heterocycles. The van der Waals surface area contributed by atoms with Gasteiger partial charge in [-0.2, -0.15) is 0 Å². The second-order valence-corrected chi connectivity index (χ2v) is 7.94. The molecule has 1 aromatic carbocycles. The lowest BCUT2D eigenvalue weighted by atomic mass is 9.75. The number of piperidine rings is 3. The molecule has 24 heavy (non-hydrogen) atoms. The van der Waals surface area contributed by atoms with E-state index in [-0.39, 0.29) is 5.60 Å². The molecular formula is C18H19BrN4O. The Bertz CT molecular complexity index is 831. The van der Waals surface area contributed by atoms with Crippen LogP contribution in [0.2, 0.25) is 0 Å². The third-order valence-electron chi connectivity index (χ3n) is 5.53. The van der Waals surface area contributed by atoms with Crippen LogP contribution in [0.5, 0.6) is 0 Å². The number of halogens is 1. The quantitative estimate of drug-likeness (QED) is 0.816. The number of fused-ring (bicyclic) bond motifs is 3. The molecule has 3 saturated heterocycles. The maximum atomic E-state index is 6.31. The SMILES string of the molecule is Brc1ccc2cc(NC3=NC[C@@]4(CN5CCC4CC5)O3)ncc2c1. The topological polar surface area (TPSA) is 49.8 Å². The van der Waals surface area contributed by atoms with Gasteiger partial charge in [0.05, 0.1) is 6.54 Å². The van der Waals surface area contributed by atoms with Gasteiger partial charge in [0.25, 0.3) is 6.02 Å². The molecule has 1 atom stereocenters. The third kappa shape index (κ3) is 2.40.